The summed E-state index contributed by atoms with van der Waals surface area (Å²) in [7, 11) is 0. The number of anilines is 1. The van der Waals surface area contributed by atoms with Crippen molar-refractivity contribution in [1.29, 1.82) is 0 Å². The van der Waals surface area contributed by atoms with Crippen molar-refractivity contribution in [2.75, 3.05) is 5.32 Å². The number of hydrogen-bond donors (Lipinski definition) is 2. The molecule has 2 amide bonds. The van der Waals surface area contributed by atoms with Crippen LogP contribution in [0.25, 0.3) is 0 Å². The van der Waals surface area contributed by atoms with Gasteiger partial charge in [0.25, 0.3) is 0 Å². The molecule has 3 nitrogen and oxygen atoms in total. The monoisotopic (exact) mass is 254 g/mol. The number of aryl methyl sites for hydroxylation is 1. The van der Waals surface area contributed by atoms with Crippen molar-refractivity contribution in [3.8, 4) is 0 Å². The summed E-state index contributed by atoms with van der Waals surface area (Å²) in [5, 5.41) is 5.72. The quantitative estimate of drug-likeness (QED) is 0.857. The zero-order chi connectivity index (χ0) is 13.7. The lowest BCUT2D eigenvalue weighted by atomic mass is 10.1. The minimum atomic E-state index is -0.195. The first-order valence-corrected chi connectivity index (χ1v) is 6.34. The summed E-state index contributed by atoms with van der Waals surface area (Å²) in [6.07, 6.45) is 0. The molecular weight excluding hydrogens is 236 g/mol. The lowest BCUT2D eigenvalue weighted by Gasteiger charge is -2.15. The van der Waals surface area contributed by atoms with Crippen LogP contribution in [-0.2, 0) is 0 Å². The third-order valence-electron chi connectivity index (χ3n) is 2.96. The van der Waals surface area contributed by atoms with Crippen LogP contribution in [0.1, 0.15) is 24.1 Å². The highest BCUT2D eigenvalue weighted by Crippen LogP contribution is 2.13. The van der Waals surface area contributed by atoms with E-state index in [0.717, 1.165) is 11.3 Å². The normalized spacial score (nSPS) is 11.7. The van der Waals surface area contributed by atoms with Crippen molar-refractivity contribution in [3.05, 3.63) is 65.7 Å². The van der Waals surface area contributed by atoms with Gasteiger partial charge >= 0.3 is 6.03 Å². The van der Waals surface area contributed by atoms with Crippen molar-refractivity contribution >= 4 is 11.7 Å². The van der Waals surface area contributed by atoms with E-state index in [0.29, 0.717) is 0 Å². The van der Waals surface area contributed by atoms with Crippen LogP contribution in [0.2, 0.25) is 0 Å². The van der Waals surface area contributed by atoms with Crippen LogP contribution in [0.5, 0.6) is 0 Å². The largest absolute Gasteiger partial charge is 0.331 e. The van der Waals surface area contributed by atoms with Gasteiger partial charge in [0.1, 0.15) is 0 Å². The highest BCUT2D eigenvalue weighted by molar-refractivity contribution is 5.89. The Kier molecular flexibility index (Phi) is 4.18. The minimum Gasteiger partial charge on any atom is -0.331 e. The molecule has 0 fully saturated rings. The molecule has 0 aromatic heterocycles. The van der Waals surface area contributed by atoms with E-state index in [2.05, 4.69) is 10.6 Å². The molecule has 0 aliphatic rings. The van der Waals surface area contributed by atoms with Gasteiger partial charge in [-0.05, 0) is 31.5 Å². The van der Waals surface area contributed by atoms with Gasteiger partial charge in [-0.1, -0.05) is 48.0 Å². The predicted molar refractivity (Wildman–Crippen MR) is 78.2 cm³/mol. The molecule has 0 aliphatic heterocycles. The molecule has 0 spiro atoms. The number of para-hydroxylation sites is 1. The summed E-state index contributed by atoms with van der Waals surface area (Å²) in [4.78, 5) is 11.8. The molecule has 3 heteroatoms. The maximum absolute atomic E-state index is 11.8. The number of benzene rings is 2. The molecule has 1 atom stereocenters. The molecule has 1 unspecified atom stereocenters. The maximum Gasteiger partial charge on any atom is 0.319 e. The topological polar surface area (TPSA) is 41.1 Å². The maximum atomic E-state index is 11.8. The smallest absolute Gasteiger partial charge is 0.319 e. The van der Waals surface area contributed by atoms with Gasteiger partial charge in [0.15, 0.2) is 0 Å². The molecule has 2 N–H and O–H groups in total. The molecule has 98 valence electrons. The van der Waals surface area contributed by atoms with Crippen molar-refractivity contribution in [2.24, 2.45) is 0 Å². The molecule has 0 radical (unpaired) electrons. The third-order valence-corrected chi connectivity index (χ3v) is 2.96. The van der Waals surface area contributed by atoms with Crippen molar-refractivity contribution in [1.82, 2.24) is 5.32 Å². The Hall–Kier alpha value is -2.29. The highest BCUT2D eigenvalue weighted by atomic mass is 16.2. The summed E-state index contributed by atoms with van der Waals surface area (Å²) < 4.78 is 0. The zero-order valence-electron chi connectivity index (χ0n) is 11.2. The van der Waals surface area contributed by atoms with Gasteiger partial charge in [0.2, 0.25) is 0 Å². The average molecular weight is 254 g/mol. The average Bonchev–Trinajstić information content (AvgIpc) is 2.40. The second-order valence-corrected chi connectivity index (χ2v) is 4.60. The van der Waals surface area contributed by atoms with Gasteiger partial charge < -0.3 is 10.6 Å². The van der Waals surface area contributed by atoms with Crippen LogP contribution >= 0.6 is 0 Å². The van der Waals surface area contributed by atoms with E-state index in [1.54, 1.807) is 0 Å². The summed E-state index contributed by atoms with van der Waals surface area (Å²) in [5.74, 6) is 0. The van der Waals surface area contributed by atoms with Crippen LogP contribution in [0.3, 0.4) is 0 Å². The lowest BCUT2D eigenvalue weighted by Crippen LogP contribution is -2.31. The Bertz CT molecular complexity index is 534. The second kappa shape index (κ2) is 6.05. The highest BCUT2D eigenvalue weighted by Gasteiger charge is 2.08. The molecule has 0 heterocycles. The molecule has 2 rings (SSSR count). The first-order valence-electron chi connectivity index (χ1n) is 6.34. The van der Waals surface area contributed by atoms with Crippen molar-refractivity contribution < 1.29 is 4.79 Å². The van der Waals surface area contributed by atoms with E-state index in [1.807, 2.05) is 68.4 Å². The van der Waals surface area contributed by atoms with Crippen molar-refractivity contribution in [2.45, 2.75) is 19.9 Å². The lowest BCUT2D eigenvalue weighted by molar-refractivity contribution is 0.249. The Balaban J connectivity index is 1.93. The second-order valence-electron chi connectivity index (χ2n) is 4.60. The predicted octanol–water partition coefficient (Wildman–Crippen LogP) is 3.88. The fraction of sp³-hybridized carbons (Fsp3) is 0.188. The number of amides is 2. The van der Waals surface area contributed by atoms with Crippen LogP contribution in [0.4, 0.5) is 10.5 Å². The van der Waals surface area contributed by atoms with Gasteiger partial charge in [-0.2, -0.15) is 0 Å². The summed E-state index contributed by atoms with van der Waals surface area (Å²) >= 11 is 0. The van der Waals surface area contributed by atoms with Gasteiger partial charge in [-0.3, -0.25) is 0 Å². The minimum absolute atomic E-state index is 0.0238. The van der Waals surface area contributed by atoms with E-state index in [9.17, 15) is 4.79 Å². The SMILES string of the molecule is Cc1ccc(C(C)NC(=O)Nc2ccccc2)cc1. The standard InChI is InChI=1S/C16H18N2O/c1-12-8-10-14(11-9-12)13(2)17-16(19)18-15-6-4-3-5-7-15/h3-11,13H,1-2H3,(H2,17,18,19). The Morgan fingerprint density at radius 3 is 2.26 bits per heavy atom. The van der Waals surface area contributed by atoms with E-state index in [4.69, 9.17) is 0 Å². The first kappa shape index (κ1) is 13.1. The van der Waals surface area contributed by atoms with Gasteiger partial charge in [-0.15, -0.1) is 0 Å². The summed E-state index contributed by atoms with van der Waals surface area (Å²) in [6.45, 7) is 4.01. The van der Waals surface area contributed by atoms with Crippen molar-refractivity contribution in [3.63, 3.8) is 0 Å². The Morgan fingerprint density at radius 2 is 1.63 bits per heavy atom. The number of hydrogen-bond acceptors (Lipinski definition) is 1. The van der Waals surface area contributed by atoms with Crippen LogP contribution in [0, 0.1) is 6.92 Å². The van der Waals surface area contributed by atoms with Crippen LogP contribution in [0.15, 0.2) is 54.6 Å². The number of nitrogens with one attached hydrogen (secondary N) is 2. The molecule has 19 heavy (non-hydrogen) atoms. The van der Waals surface area contributed by atoms with Gasteiger partial charge in [0.05, 0.1) is 6.04 Å². The fourth-order valence-electron chi connectivity index (χ4n) is 1.82. The molecule has 2 aromatic rings. The molecule has 0 saturated heterocycles. The molecule has 0 saturated carbocycles. The van der Waals surface area contributed by atoms with E-state index in [1.165, 1.54) is 5.56 Å². The van der Waals surface area contributed by atoms with E-state index in [-0.39, 0.29) is 12.1 Å². The summed E-state index contributed by atoms with van der Waals surface area (Å²) in [5.41, 5.74) is 3.09. The molecule has 0 aliphatic carbocycles. The van der Waals surface area contributed by atoms with Gasteiger partial charge in [-0.25, -0.2) is 4.79 Å². The number of carbonyl (C=O) groups is 1. The van der Waals surface area contributed by atoms with Gasteiger partial charge in [0, 0.05) is 5.69 Å². The van der Waals surface area contributed by atoms with E-state index < -0.39 is 0 Å². The number of rotatable bonds is 3. The van der Waals surface area contributed by atoms with Crippen LogP contribution in [-0.4, -0.2) is 6.03 Å². The third kappa shape index (κ3) is 3.85. The first-order chi connectivity index (χ1) is 9.15. The Labute approximate surface area is 113 Å². The molecule has 0 bridgehead atoms. The molecule has 2 aromatic carbocycles. The fourth-order valence-corrected chi connectivity index (χ4v) is 1.82. The summed E-state index contributed by atoms with van der Waals surface area (Å²) in [6, 6.07) is 17.3. The van der Waals surface area contributed by atoms with Crippen LogP contribution < -0.4 is 10.6 Å². The number of carbonyl (C=O) groups excluding carboxylic acids is 1. The molecular formula is C16H18N2O. The zero-order valence-corrected chi connectivity index (χ0v) is 11.2. The Morgan fingerprint density at radius 1 is 1.00 bits per heavy atom. The van der Waals surface area contributed by atoms with E-state index >= 15 is 0 Å². The number of urea groups is 1.